The zero-order chi connectivity index (χ0) is 15.5. The van der Waals surface area contributed by atoms with Gasteiger partial charge < -0.3 is 16.2 Å². The summed E-state index contributed by atoms with van der Waals surface area (Å²) in [6.07, 6.45) is -0.787. The van der Waals surface area contributed by atoms with E-state index >= 15 is 0 Å². The van der Waals surface area contributed by atoms with E-state index in [-0.39, 0.29) is 17.1 Å². The number of sulfonamides is 1. The first-order chi connectivity index (χ1) is 9.12. The van der Waals surface area contributed by atoms with Crippen molar-refractivity contribution in [1.29, 1.82) is 0 Å². The number of anilines is 1. The van der Waals surface area contributed by atoms with Gasteiger partial charge in [-0.15, -0.1) is 0 Å². The maximum atomic E-state index is 11.2. The first-order valence-electron chi connectivity index (χ1n) is 5.61. The number of rotatable bonds is 6. The first-order valence-corrected chi connectivity index (χ1v) is 7.16. The van der Waals surface area contributed by atoms with E-state index in [0.29, 0.717) is 0 Å². The van der Waals surface area contributed by atoms with E-state index in [1.165, 1.54) is 13.0 Å². The van der Waals surface area contributed by atoms with E-state index in [1.807, 2.05) is 0 Å². The first kappa shape index (κ1) is 16.3. The van der Waals surface area contributed by atoms with Crippen molar-refractivity contribution in [3.8, 4) is 0 Å². The van der Waals surface area contributed by atoms with Crippen LogP contribution in [0.5, 0.6) is 0 Å². The summed E-state index contributed by atoms with van der Waals surface area (Å²) < 4.78 is 22.3. The van der Waals surface area contributed by atoms with Gasteiger partial charge in [-0.05, 0) is 19.1 Å². The highest BCUT2D eigenvalue weighted by Crippen LogP contribution is 2.27. The minimum Gasteiger partial charge on any atom is -0.392 e. The molecule has 0 aliphatic heterocycles. The topological polar surface area (TPSA) is 162 Å². The van der Waals surface area contributed by atoms with Crippen LogP contribution in [-0.2, 0) is 10.0 Å². The van der Waals surface area contributed by atoms with Gasteiger partial charge in [0.15, 0.2) is 0 Å². The lowest BCUT2D eigenvalue weighted by Gasteiger charge is -2.16. The number of aliphatic hydroxyl groups excluding tert-OH is 1. The summed E-state index contributed by atoms with van der Waals surface area (Å²) in [5.41, 5.74) is 5.25. The largest absolute Gasteiger partial charge is 0.392 e. The molecule has 0 saturated heterocycles. The van der Waals surface area contributed by atoms with Gasteiger partial charge in [0.25, 0.3) is 5.69 Å². The van der Waals surface area contributed by atoms with Gasteiger partial charge in [-0.3, -0.25) is 10.1 Å². The number of aliphatic hydroxyl groups is 1. The van der Waals surface area contributed by atoms with Crippen molar-refractivity contribution in [1.82, 2.24) is 0 Å². The molecule has 1 aromatic carbocycles. The Bertz CT molecular complexity index is 602. The van der Waals surface area contributed by atoms with Crippen LogP contribution in [0.25, 0.3) is 0 Å². The number of primary sulfonamides is 1. The molecule has 10 heteroatoms. The van der Waals surface area contributed by atoms with Gasteiger partial charge in [0.1, 0.15) is 5.69 Å². The lowest BCUT2D eigenvalue weighted by atomic mass is 10.2. The third-order valence-corrected chi connectivity index (χ3v) is 3.55. The molecule has 0 spiro atoms. The van der Waals surface area contributed by atoms with Crippen LogP contribution in [0.3, 0.4) is 0 Å². The lowest BCUT2D eigenvalue weighted by molar-refractivity contribution is -0.384. The van der Waals surface area contributed by atoms with Gasteiger partial charge in [-0.2, -0.15) is 0 Å². The van der Waals surface area contributed by atoms with Gasteiger partial charge in [0.2, 0.25) is 10.0 Å². The van der Waals surface area contributed by atoms with Crippen molar-refractivity contribution in [2.24, 2.45) is 10.9 Å². The average Bonchev–Trinajstić information content (AvgIpc) is 2.34. The number of nitro groups is 1. The molecule has 9 nitrogen and oxygen atoms in total. The third kappa shape index (κ3) is 4.13. The second-order valence-electron chi connectivity index (χ2n) is 4.27. The fourth-order valence-electron chi connectivity index (χ4n) is 1.39. The van der Waals surface area contributed by atoms with Crippen LogP contribution in [0, 0.1) is 10.1 Å². The van der Waals surface area contributed by atoms with Crippen molar-refractivity contribution in [3.63, 3.8) is 0 Å². The SMILES string of the molecule is CC(O)C(N)CNc1ccc(S(N)(=O)=O)cc1[N+](=O)[O-]. The highest BCUT2D eigenvalue weighted by Gasteiger charge is 2.19. The van der Waals surface area contributed by atoms with Crippen LogP contribution in [0.4, 0.5) is 11.4 Å². The van der Waals surface area contributed by atoms with Gasteiger partial charge in [-0.25, -0.2) is 13.6 Å². The molecule has 0 amide bonds. The van der Waals surface area contributed by atoms with Crippen LogP contribution in [0.1, 0.15) is 6.92 Å². The van der Waals surface area contributed by atoms with Crippen LogP contribution in [0.15, 0.2) is 23.1 Å². The average molecular weight is 304 g/mol. The summed E-state index contributed by atoms with van der Waals surface area (Å²) in [4.78, 5) is 9.85. The number of nitrogens with one attached hydrogen (secondary N) is 1. The molecule has 112 valence electrons. The molecule has 2 unspecified atom stereocenters. The Morgan fingerprint density at radius 1 is 1.50 bits per heavy atom. The predicted octanol–water partition coefficient (Wildman–Crippen LogP) is -0.638. The number of hydrogen-bond acceptors (Lipinski definition) is 7. The molecule has 2 atom stereocenters. The minimum atomic E-state index is -4.02. The molecule has 0 bridgehead atoms. The monoisotopic (exact) mass is 304 g/mol. The van der Waals surface area contributed by atoms with Crippen molar-refractivity contribution in [2.45, 2.75) is 24.0 Å². The summed E-state index contributed by atoms with van der Waals surface area (Å²) in [5, 5.41) is 27.8. The molecule has 0 radical (unpaired) electrons. The summed E-state index contributed by atoms with van der Waals surface area (Å²) in [6, 6.07) is 2.63. The Labute approximate surface area is 115 Å². The zero-order valence-corrected chi connectivity index (χ0v) is 11.5. The quantitative estimate of drug-likeness (QED) is 0.401. The highest BCUT2D eigenvalue weighted by molar-refractivity contribution is 7.89. The molecule has 0 aromatic heterocycles. The number of benzene rings is 1. The number of hydrogen-bond donors (Lipinski definition) is 4. The number of nitro benzene ring substituents is 1. The summed E-state index contributed by atoms with van der Waals surface area (Å²) in [5.74, 6) is 0. The van der Waals surface area contributed by atoms with Crippen LogP contribution in [-0.4, -0.2) is 37.1 Å². The van der Waals surface area contributed by atoms with Gasteiger partial charge in [0.05, 0.1) is 15.9 Å². The Kier molecular flexibility index (Phi) is 5.00. The Morgan fingerprint density at radius 3 is 2.55 bits per heavy atom. The Hall–Kier alpha value is -1.75. The molecule has 20 heavy (non-hydrogen) atoms. The fourth-order valence-corrected chi connectivity index (χ4v) is 1.92. The molecule has 0 heterocycles. The zero-order valence-electron chi connectivity index (χ0n) is 10.7. The Balaban J connectivity index is 3.06. The van der Waals surface area contributed by atoms with E-state index in [9.17, 15) is 23.6 Å². The summed E-state index contributed by atoms with van der Waals surface area (Å²) >= 11 is 0. The van der Waals surface area contributed by atoms with Crippen molar-refractivity contribution in [2.75, 3.05) is 11.9 Å². The molecular formula is C10H16N4O5S. The molecule has 0 aliphatic rings. The second-order valence-corrected chi connectivity index (χ2v) is 5.83. The van der Waals surface area contributed by atoms with Gasteiger partial charge >= 0.3 is 0 Å². The number of nitrogens with two attached hydrogens (primary N) is 2. The van der Waals surface area contributed by atoms with Crippen molar-refractivity contribution >= 4 is 21.4 Å². The van der Waals surface area contributed by atoms with E-state index in [1.54, 1.807) is 0 Å². The molecule has 0 fully saturated rings. The molecule has 1 rings (SSSR count). The molecule has 1 aromatic rings. The smallest absolute Gasteiger partial charge is 0.293 e. The Morgan fingerprint density at radius 2 is 2.10 bits per heavy atom. The van der Waals surface area contributed by atoms with Crippen LogP contribution in [0.2, 0.25) is 0 Å². The van der Waals surface area contributed by atoms with E-state index in [0.717, 1.165) is 12.1 Å². The standard InChI is InChI=1S/C10H16N4O5S/c1-6(15)8(11)5-13-9-3-2-7(20(12,18)19)4-10(9)14(16)17/h2-4,6,8,13,15H,5,11H2,1H3,(H2,12,18,19). The third-order valence-electron chi connectivity index (χ3n) is 2.64. The summed E-state index contributed by atoms with van der Waals surface area (Å²) in [6.45, 7) is 1.58. The molecule has 6 N–H and O–H groups in total. The van der Waals surface area contributed by atoms with Crippen molar-refractivity contribution in [3.05, 3.63) is 28.3 Å². The van der Waals surface area contributed by atoms with Gasteiger partial charge in [0, 0.05) is 18.7 Å². The lowest BCUT2D eigenvalue weighted by Crippen LogP contribution is -2.38. The summed E-state index contributed by atoms with van der Waals surface area (Å²) in [7, 11) is -4.02. The maximum Gasteiger partial charge on any atom is 0.293 e. The van der Waals surface area contributed by atoms with Crippen LogP contribution < -0.4 is 16.2 Å². The van der Waals surface area contributed by atoms with Gasteiger partial charge in [-0.1, -0.05) is 0 Å². The maximum absolute atomic E-state index is 11.2. The second kappa shape index (κ2) is 6.13. The van der Waals surface area contributed by atoms with E-state index in [4.69, 9.17) is 10.9 Å². The molecular weight excluding hydrogens is 288 g/mol. The fraction of sp³-hybridized carbons (Fsp3) is 0.400. The van der Waals surface area contributed by atoms with E-state index in [2.05, 4.69) is 5.32 Å². The minimum absolute atomic E-state index is 0.0905. The number of nitrogens with zero attached hydrogens (tertiary/aromatic N) is 1. The molecule has 0 aliphatic carbocycles. The van der Waals surface area contributed by atoms with E-state index < -0.39 is 32.8 Å². The normalized spacial score (nSPS) is 14.6. The molecule has 0 saturated carbocycles. The predicted molar refractivity (Wildman–Crippen MR) is 72.6 cm³/mol. The van der Waals surface area contributed by atoms with Crippen molar-refractivity contribution < 1.29 is 18.4 Å². The highest BCUT2D eigenvalue weighted by atomic mass is 32.2. The van der Waals surface area contributed by atoms with Crippen LogP contribution >= 0.6 is 0 Å².